The highest BCUT2D eigenvalue weighted by atomic mass is 32.2. The van der Waals surface area contributed by atoms with Crippen LogP contribution in [-0.2, 0) is 14.4 Å². The molecule has 0 aromatic rings. The van der Waals surface area contributed by atoms with E-state index in [0.717, 1.165) is 43.9 Å². The van der Waals surface area contributed by atoms with Crippen molar-refractivity contribution in [2.45, 2.75) is 44.7 Å². The first-order chi connectivity index (χ1) is 11.1. The molecule has 0 spiro atoms. The van der Waals surface area contributed by atoms with Crippen LogP contribution in [0.1, 0.15) is 32.6 Å². The van der Waals surface area contributed by atoms with Crippen LogP contribution in [0.3, 0.4) is 0 Å². The van der Waals surface area contributed by atoms with Crippen LogP contribution >= 0.6 is 11.8 Å². The molecule has 2 atom stereocenters. The lowest BCUT2D eigenvalue weighted by Gasteiger charge is -2.30. The van der Waals surface area contributed by atoms with Gasteiger partial charge in [-0.2, -0.15) is 11.8 Å². The van der Waals surface area contributed by atoms with Gasteiger partial charge in [0.05, 0.1) is 0 Å². The zero-order valence-electron chi connectivity index (χ0n) is 13.6. The van der Waals surface area contributed by atoms with Crippen molar-refractivity contribution in [2.75, 3.05) is 31.1 Å². The minimum absolute atomic E-state index is 0.0169. The van der Waals surface area contributed by atoms with E-state index in [1.165, 1.54) is 0 Å². The second kappa shape index (κ2) is 7.11. The first kappa shape index (κ1) is 16.6. The second-order valence-corrected chi connectivity index (χ2v) is 7.86. The number of amides is 3. The second-order valence-electron chi connectivity index (χ2n) is 6.63. The third-order valence-corrected chi connectivity index (χ3v) is 5.76. The van der Waals surface area contributed by atoms with Gasteiger partial charge in [0.25, 0.3) is 0 Å². The highest BCUT2D eigenvalue weighted by molar-refractivity contribution is 7.99. The molecule has 3 amide bonds. The number of hydrogen-bond acceptors (Lipinski definition) is 4. The lowest BCUT2D eigenvalue weighted by atomic mass is 10.1. The van der Waals surface area contributed by atoms with Gasteiger partial charge in [0.15, 0.2) is 0 Å². The smallest absolute Gasteiger partial charge is 0.244 e. The quantitative estimate of drug-likeness (QED) is 0.808. The van der Waals surface area contributed by atoms with Crippen LogP contribution in [0.5, 0.6) is 0 Å². The van der Waals surface area contributed by atoms with Gasteiger partial charge >= 0.3 is 0 Å². The summed E-state index contributed by atoms with van der Waals surface area (Å²) in [6.07, 6.45) is 3.46. The molecule has 1 saturated carbocycles. The van der Waals surface area contributed by atoms with Crippen molar-refractivity contribution in [1.29, 1.82) is 0 Å². The number of nitrogens with one attached hydrogen (secondary N) is 1. The van der Waals surface area contributed by atoms with Gasteiger partial charge in [-0.25, -0.2) is 0 Å². The van der Waals surface area contributed by atoms with Gasteiger partial charge < -0.3 is 15.1 Å². The van der Waals surface area contributed by atoms with Crippen molar-refractivity contribution in [2.24, 2.45) is 5.92 Å². The molecule has 128 valence electrons. The van der Waals surface area contributed by atoms with Crippen LogP contribution in [0.4, 0.5) is 0 Å². The minimum atomic E-state index is -0.524. The number of thioether (sulfide) groups is 1. The molecule has 7 heteroatoms. The Bertz CT molecular complexity index is 489. The predicted molar refractivity (Wildman–Crippen MR) is 89.0 cm³/mol. The van der Waals surface area contributed by atoms with Gasteiger partial charge in [-0.15, -0.1) is 0 Å². The fraction of sp³-hybridized carbons (Fsp3) is 0.812. The van der Waals surface area contributed by atoms with E-state index in [2.05, 4.69) is 5.32 Å². The van der Waals surface area contributed by atoms with E-state index in [4.69, 9.17) is 0 Å². The molecule has 0 aromatic carbocycles. The van der Waals surface area contributed by atoms with Crippen LogP contribution in [0.15, 0.2) is 0 Å². The molecule has 23 heavy (non-hydrogen) atoms. The number of hydrogen-bond donors (Lipinski definition) is 1. The van der Waals surface area contributed by atoms with E-state index in [0.29, 0.717) is 13.0 Å². The summed E-state index contributed by atoms with van der Waals surface area (Å²) in [6.45, 7) is 3.90. The highest BCUT2D eigenvalue weighted by Crippen LogP contribution is 2.33. The van der Waals surface area contributed by atoms with E-state index in [1.54, 1.807) is 11.8 Å². The van der Waals surface area contributed by atoms with Crippen LogP contribution in [0.25, 0.3) is 0 Å². The van der Waals surface area contributed by atoms with Gasteiger partial charge in [-0.3, -0.25) is 14.4 Å². The fourth-order valence-electron chi connectivity index (χ4n) is 3.30. The van der Waals surface area contributed by atoms with E-state index in [1.807, 2.05) is 16.7 Å². The summed E-state index contributed by atoms with van der Waals surface area (Å²) in [6, 6.07) is -0.917. The maximum Gasteiger partial charge on any atom is 0.244 e. The molecule has 2 saturated heterocycles. The van der Waals surface area contributed by atoms with Crippen molar-refractivity contribution < 1.29 is 14.4 Å². The SMILES string of the molecule is CC(NC(=O)C1CCCN1C(=O)C1CC1)C(=O)N1CCSCC1. The number of nitrogens with zero attached hydrogens (tertiary/aromatic N) is 2. The topological polar surface area (TPSA) is 69.7 Å². The standard InChI is InChI=1S/C16H25N3O3S/c1-11(15(21)18-7-9-23-10-8-18)17-14(20)13-3-2-6-19(13)16(22)12-4-5-12/h11-13H,2-10H2,1H3,(H,17,20). The number of carbonyl (C=O) groups is 3. The van der Waals surface area contributed by atoms with E-state index < -0.39 is 12.1 Å². The molecule has 3 aliphatic rings. The average Bonchev–Trinajstić information content (AvgIpc) is 3.30. The van der Waals surface area contributed by atoms with Crippen LogP contribution in [0, 0.1) is 5.92 Å². The average molecular weight is 339 g/mol. The van der Waals surface area contributed by atoms with Gasteiger partial charge in [-0.1, -0.05) is 0 Å². The van der Waals surface area contributed by atoms with E-state index in [-0.39, 0.29) is 23.6 Å². The molecule has 6 nitrogen and oxygen atoms in total. The molecule has 3 rings (SSSR count). The summed E-state index contributed by atoms with van der Waals surface area (Å²) in [5.74, 6) is 1.97. The minimum Gasteiger partial charge on any atom is -0.343 e. The Morgan fingerprint density at radius 3 is 2.43 bits per heavy atom. The summed E-state index contributed by atoms with van der Waals surface area (Å²) in [7, 11) is 0. The largest absolute Gasteiger partial charge is 0.343 e. The van der Waals surface area contributed by atoms with Crippen molar-refractivity contribution in [3.8, 4) is 0 Å². The van der Waals surface area contributed by atoms with E-state index >= 15 is 0 Å². The van der Waals surface area contributed by atoms with Crippen molar-refractivity contribution in [3.05, 3.63) is 0 Å². The Morgan fingerprint density at radius 1 is 1.09 bits per heavy atom. The first-order valence-electron chi connectivity index (χ1n) is 8.55. The highest BCUT2D eigenvalue weighted by Gasteiger charge is 2.41. The Morgan fingerprint density at radius 2 is 1.78 bits per heavy atom. The molecule has 1 aliphatic carbocycles. The van der Waals surface area contributed by atoms with Crippen LogP contribution in [0.2, 0.25) is 0 Å². The maximum atomic E-state index is 12.5. The summed E-state index contributed by atoms with van der Waals surface area (Å²) in [5, 5.41) is 2.83. The predicted octanol–water partition coefficient (Wildman–Crippen LogP) is 0.468. The van der Waals surface area contributed by atoms with Crippen molar-refractivity contribution >= 4 is 29.5 Å². The third kappa shape index (κ3) is 3.82. The molecule has 0 bridgehead atoms. The molecule has 2 aliphatic heterocycles. The van der Waals surface area contributed by atoms with Gasteiger partial charge in [0.2, 0.25) is 17.7 Å². The number of likely N-dealkylation sites (tertiary alicyclic amines) is 1. The Hall–Kier alpha value is -1.24. The Kier molecular flexibility index (Phi) is 5.14. The van der Waals surface area contributed by atoms with E-state index in [9.17, 15) is 14.4 Å². The molecule has 1 N–H and O–H groups in total. The van der Waals surface area contributed by atoms with Gasteiger partial charge in [-0.05, 0) is 32.6 Å². The van der Waals surface area contributed by atoms with Crippen molar-refractivity contribution in [3.63, 3.8) is 0 Å². The Labute approximate surface area is 141 Å². The normalized spacial score (nSPS) is 26.0. The summed E-state index contributed by atoms with van der Waals surface area (Å²) in [4.78, 5) is 40.7. The summed E-state index contributed by atoms with van der Waals surface area (Å²) >= 11 is 1.85. The lowest BCUT2D eigenvalue weighted by Crippen LogP contribution is -2.54. The fourth-order valence-corrected chi connectivity index (χ4v) is 4.20. The first-order valence-corrected chi connectivity index (χ1v) is 9.71. The Balaban J connectivity index is 1.54. The summed E-state index contributed by atoms with van der Waals surface area (Å²) < 4.78 is 0. The molecular weight excluding hydrogens is 314 g/mol. The zero-order chi connectivity index (χ0) is 16.4. The van der Waals surface area contributed by atoms with Crippen LogP contribution < -0.4 is 5.32 Å². The summed E-state index contributed by atoms with van der Waals surface area (Å²) in [5.41, 5.74) is 0. The number of rotatable bonds is 4. The number of carbonyl (C=O) groups excluding carboxylic acids is 3. The molecule has 0 radical (unpaired) electrons. The van der Waals surface area contributed by atoms with Gasteiger partial charge in [0.1, 0.15) is 12.1 Å². The zero-order valence-corrected chi connectivity index (χ0v) is 14.4. The molecule has 0 aromatic heterocycles. The molecular formula is C16H25N3O3S. The van der Waals surface area contributed by atoms with Gasteiger partial charge in [0, 0.05) is 37.1 Å². The third-order valence-electron chi connectivity index (χ3n) is 4.82. The molecule has 2 heterocycles. The molecule has 3 fully saturated rings. The lowest BCUT2D eigenvalue weighted by molar-refractivity contribution is -0.141. The van der Waals surface area contributed by atoms with Crippen LogP contribution in [-0.4, -0.2) is 70.7 Å². The maximum absolute atomic E-state index is 12.5. The monoisotopic (exact) mass is 339 g/mol. The molecule has 2 unspecified atom stereocenters. The van der Waals surface area contributed by atoms with Crippen molar-refractivity contribution in [1.82, 2.24) is 15.1 Å².